The molecule has 1 aromatic rings. The average Bonchev–Trinajstić information content (AvgIpc) is 2.16. The molecule has 5 heteroatoms. The number of benzene rings is 1. The van der Waals surface area contributed by atoms with Crippen molar-refractivity contribution in [1.82, 2.24) is 0 Å². The molecular weight excluding hydrogens is 207 g/mol. The molecule has 1 aromatic carbocycles. The topological polar surface area (TPSA) is 44.0 Å². The number of nitrogens with zero attached hydrogens (tertiary/aromatic N) is 1. The van der Waals surface area contributed by atoms with Crippen LogP contribution in [0.1, 0.15) is 24.0 Å². The maximum Gasteiger partial charge on any atom is 0.395 e. The zero-order chi connectivity index (χ0) is 11.6. The van der Waals surface area contributed by atoms with Gasteiger partial charge in [0.25, 0.3) is 0 Å². The molecule has 15 heavy (non-hydrogen) atoms. The van der Waals surface area contributed by atoms with E-state index in [1.807, 2.05) is 0 Å². The van der Waals surface area contributed by atoms with E-state index in [2.05, 4.69) is 0 Å². The number of para-hydroxylation sites is 1. The van der Waals surface area contributed by atoms with E-state index in [1.165, 1.54) is 12.1 Å². The number of alkyl halides is 3. The van der Waals surface area contributed by atoms with Crippen LogP contribution in [-0.4, -0.2) is 11.3 Å². The largest absolute Gasteiger partial charge is 0.506 e. The summed E-state index contributed by atoms with van der Waals surface area (Å²) in [4.78, 5) is 0. The summed E-state index contributed by atoms with van der Waals surface area (Å²) in [6.07, 6.45) is -4.43. The van der Waals surface area contributed by atoms with Gasteiger partial charge in [0.05, 0.1) is 11.5 Å². The van der Waals surface area contributed by atoms with Crippen LogP contribution < -0.4 is 0 Å². The van der Waals surface area contributed by atoms with E-state index >= 15 is 0 Å². The number of halogens is 3. The Morgan fingerprint density at radius 2 is 2.00 bits per heavy atom. The van der Waals surface area contributed by atoms with Gasteiger partial charge in [-0.25, -0.2) is 0 Å². The zero-order valence-corrected chi connectivity index (χ0v) is 7.84. The van der Waals surface area contributed by atoms with Gasteiger partial charge in [-0.1, -0.05) is 12.1 Å². The van der Waals surface area contributed by atoms with E-state index in [1.54, 1.807) is 6.07 Å². The summed E-state index contributed by atoms with van der Waals surface area (Å²) >= 11 is 0. The molecule has 2 nitrogen and oxygen atoms in total. The highest BCUT2D eigenvalue weighted by molar-refractivity contribution is 5.48. The maximum absolute atomic E-state index is 12.4. The number of phenols is 1. The number of hydrogen-bond acceptors (Lipinski definition) is 2. The maximum atomic E-state index is 12.4. The highest BCUT2D eigenvalue weighted by Crippen LogP contribution is 2.39. The van der Waals surface area contributed by atoms with Crippen molar-refractivity contribution in [2.45, 2.75) is 19.0 Å². The lowest BCUT2D eigenvalue weighted by Crippen LogP contribution is -2.17. The van der Waals surface area contributed by atoms with Gasteiger partial charge in [-0.15, -0.1) is 0 Å². The van der Waals surface area contributed by atoms with Crippen molar-refractivity contribution in [2.24, 2.45) is 0 Å². The van der Waals surface area contributed by atoms with Crippen molar-refractivity contribution in [3.05, 3.63) is 29.3 Å². The second kappa shape index (κ2) is 3.81. The molecule has 1 rings (SSSR count). The van der Waals surface area contributed by atoms with Crippen LogP contribution in [-0.2, 0) is 0 Å². The van der Waals surface area contributed by atoms with Gasteiger partial charge in [-0.05, 0) is 13.0 Å². The molecule has 1 unspecified atom stereocenters. The SMILES string of the molecule is CC(c1cccc(C#N)c1O)C(F)(F)F. The van der Waals surface area contributed by atoms with E-state index in [0.717, 1.165) is 13.0 Å². The second-order valence-electron chi connectivity index (χ2n) is 3.12. The smallest absolute Gasteiger partial charge is 0.395 e. The summed E-state index contributed by atoms with van der Waals surface area (Å²) < 4.78 is 37.1. The molecule has 0 aliphatic rings. The molecule has 0 spiro atoms. The van der Waals surface area contributed by atoms with E-state index in [9.17, 15) is 18.3 Å². The quantitative estimate of drug-likeness (QED) is 0.782. The van der Waals surface area contributed by atoms with Crippen molar-refractivity contribution in [3.8, 4) is 11.8 Å². The summed E-state index contributed by atoms with van der Waals surface area (Å²) in [5.41, 5.74) is -0.426. The second-order valence-corrected chi connectivity index (χ2v) is 3.12. The van der Waals surface area contributed by atoms with Gasteiger partial charge in [0.15, 0.2) is 0 Å². The summed E-state index contributed by atoms with van der Waals surface area (Å²) in [6.45, 7) is 0.941. The molecule has 80 valence electrons. The Balaban J connectivity index is 3.23. The molecule has 0 saturated heterocycles. The molecule has 0 aliphatic carbocycles. The fourth-order valence-corrected chi connectivity index (χ4v) is 1.18. The summed E-state index contributed by atoms with van der Waals surface area (Å²) in [6, 6.07) is 5.37. The first-order chi connectivity index (χ1) is 6.88. The highest BCUT2D eigenvalue weighted by Gasteiger charge is 2.38. The summed E-state index contributed by atoms with van der Waals surface area (Å²) in [5, 5.41) is 17.9. The van der Waals surface area contributed by atoms with Gasteiger partial charge in [-0.2, -0.15) is 18.4 Å². The van der Waals surface area contributed by atoms with Gasteiger partial charge in [0, 0.05) is 5.56 Å². The highest BCUT2D eigenvalue weighted by atomic mass is 19.4. The van der Waals surface area contributed by atoms with Crippen molar-refractivity contribution < 1.29 is 18.3 Å². The molecule has 0 radical (unpaired) electrons. The molecule has 0 aliphatic heterocycles. The van der Waals surface area contributed by atoms with Crippen LogP contribution >= 0.6 is 0 Å². The normalized spacial score (nSPS) is 13.3. The van der Waals surface area contributed by atoms with E-state index in [-0.39, 0.29) is 11.1 Å². The number of phenolic OH excluding ortho intramolecular Hbond substituents is 1. The first-order valence-electron chi connectivity index (χ1n) is 4.16. The van der Waals surface area contributed by atoms with E-state index < -0.39 is 17.8 Å². The zero-order valence-electron chi connectivity index (χ0n) is 7.84. The Bertz CT molecular complexity index is 406. The molecule has 0 bridgehead atoms. The Kier molecular flexibility index (Phi) is 2.89. The fourth-order valence-electron chi connectivity index (χ4n) is 1.18. The number of aromatic hydroxyl groups is 1. The monoisotopic (exact) mass is 215 g/mol. The predicted octanol–water partition coefficient (Wildman–Crippen LogP) is 2.93. The molecule has 0 heterocycles. The lowest BCUT2D eigenvalue weighted by atomic mass is 9.97. The van der Waals surface area contributed by atoms with Gasteiger partial charge in [0.2, 0.25) is 0 Å². The van der Waals surface area contributed by atoms with Crippen molar-refractivity contribution in [2.75, 3.05) is 0 Å². The number of hydrogen-bond donors (Lipinski definition) is 1. The molecule has 0 fully saturated rings. The first kappa shape index (κ1) is 11.4. The van der Waals surface area contributed by atoms with Crippen LogP contribution in [0.3, 0.4) is 0 Å². The molecule has 1 atom stereocenters. The molecule has 0 aromatic heterocycles. The summed E-state index contributed by atoms with van der Waals surface area (Å²) in [7, 11) is 0. The van der Waals surface area contributed by atoms with Gasteiger partial charge >= 0.3 is 6.18 Å². The Labute approximate surface area is 84.6 Å². The standard InChI is InChI=1S/C10H8F3NO/c1-6(10(11,12)13)8-4-2-3-7(5-14)9(8)15/h2-4,6,15H,1H3. The Hall–Kier alpha value is -1.70. The van der Waals surface area contributed by atoms with Crippen LogP contribution in [0.25, 0.3) is 0 Å². The first-order valence-corrected chi connectivity index (χ1v) is 4.16. The van der Waals surface area contributed by atoms with Crippen LogP contribution in [0.15, 0.2) is 18.2 Å². The third-order valence-corrected chi connectivity index (χ3v) is 2.15. The number of rotatable bonds is 1. The third kappa shape index (κ3) is 2.21. The minimum atomic E-state index is -4.43. The molecule has 0 amide bonds. The Morgan fingerprint density at radius 3 is 2.47 bits per heavy atom. The third-order valence-electron chi connectivity index (χ3n) is 2.15. The van der Waals surface area contributed by atoms with Crippen molar-refractivity contribution >= 4 is 0 Å². The molecule has 0 saturated carbocycles. The molecular formula is C10H8F3NO. The molecule has 1 N–H and O–H groups in total. The van der Waals surface area contributed by atoms with Crippen LogP contribution in [0, 0.1) is 11.3 Å². The fraction of sp³-hybridized carbons (Fsp3) is 0.300. The minimum absolute atomic E-state index is 0.149. The predicted molar refractivity (Wildman–Crippen MR) is 47.3 cm³/mol. The van der Waals surface area contributed by atoms with Crippen LogP contribution in [0.5, 0.6) is 5.75 Å². The van der Waals surface area contributed by atoms with Crippen molar-refractivity contribution in [1.29, 1.82) is 5.26 Å². The summed E-state index contributed by atoms with van der Waals surface area (Å²) in [5.74, 6) is -2.38. The van der Waals surface area contributed by atoms with Crippen LogP contribution in [0.4, 0.5) is 13.2 Å². The van der Waals surface area contributed by atoms with Crippen LogP contribution in [0.2, 0.25) is 0 Å². The lowest BCUT2D eigenvalue weighted by Gasteiger charge is -2.17. The van der Waals surface area contributed by atoms with Crippen molar-refractivity contribution in [3.63, 3.8) is 0 Å². The average molecular weight is 215 g/mol. The Morgan fingerprint density at radius 1 is 1.40 bits per heavy atom. The number of nitriles is 1. The van der Waals surface area contributed by atoms with E-state index in [0.29, 0.717) is 0 Å². The van der Waals surface area contributed by atoms with Gasteiger partial charge in [0.1, 0.15) is 11.8 Å². The van der Waals surface area contributed by atoms with E-state index in [4.69, 9.17) is 5.26 Å². The lowest BCUT2D eigenvalue weighted by molar-refractivity contribution is -0.146. The van der Waals surface area contributed by atoms with Gasteiger partial charge in [-0.3, -0.25) is 0 Å². The van der Waals surface area contributed by atoms with Gasteiger partial charge < -0.3 is 5.11 Å². The minimum Gasteiger partial charge on any atom is -0.506 e.